The number of Topliss-reactive ketones (excluding diaryl/α,β-unsaturated/α-hetero) is 1. The van der Waals surface area contributed by atoms with Gasteiger partial charge in [-0.3, -0.25) is 4.79 Å². The lowest BCUT2D eigenvalue weighted by atomic mass is 9.79. The average Bonchev–Trinajstić information content (AvgIpc) is 3.05. The smallest absolute Gasteiger partial charge is 0.194 e. The summed E-state index contributed by atoms with van der Waals surface area (Å²) in [7, 11) is 0. The van der Waals surface area contributed by atoms with Gasteiger partial charge in [-0.05, 0) is 34.5 Å². The van der Waals surface area contributed by atoms with Gasteiger partial charge in [0.1, 0.15) is 17.3 Å². The Hall–Kier alpha value is -3.72. The van der Waals surface area contributed by atoms with Gasteiger partial charge < -0.3 is 4.74 Å². The van der Waals surface area contributed by atoms with E-state index in [0.29, 0.717) is 16.9 Å². The van der Waals surface area contributed by atoms with Crippen LogP contribution in [0.25, 0.3) is 16.5 Å². The van der Waals surface area contributed by atoms with Crippen molar-refractivity contribution in [2.45, 2.75) is 5.92 Å². The number of rotatable bonds is 1. The van der Waals surface area contributed by atoms with Crippen LogP contribution >= 0.6 is 0 Å². The molecule has 1 aliphatic carbocycles. The van der Waals surface area contributed by atoms with Crippen molar-refractivity contribution in [3.8, 4) is 5.75 Å². The number of carbonyl (C=O) groups excluding carboxylic acids is 1. The fourth-order valence-corrected chi connectivity index (χ4v) is 4.55. The van der Waals surface area contributed by atoms with E-state index in [0.717, 1.165) is 33.2 Å². The Morgan fingerprint density at radius 1 is 0.759 bits per heavy atom. The molecule has 1 heterocycles. The van der Waals surface area contributed by atoms with Crippen molar-refractivity contribution < 1.29 is 13.9 Å². The lowest BCUT2D eigenvalue weighted by molar-refractivity contribution is 0.103. The molecule has 0 bridgehead atoms. The second-order valence-electron chi connectivity index (χ2n) is 7.40. The van der Waals surface area contributed by atoms with Gasteiger partial charge in [0.05, 0.1) is 5.57 Å². The van der Waals surface area contributed by atoms with Gasteiger partial charge in [-0.2, -0.15) is 0 Å². The molecule has 0 spiro atoms. The zero-order chi connectivity index (χ0) is 19.5. The number of hydrogen-bond acceptors (Lipinski definition) is 2. The lowest BCUT2D eigenvalue weighted by Gasteiger charge is -2.29. The molecule has 2 nitrogen and oxygen atoms in total. The summed E-state index contributed by atoms with van der Waals surface area (Å²) in [5.41, 5.74) is 3.93. The molecule has 2 aliphatic rings. The third-order valence-corrected chi connectivity index (χ3v) is 5.83. The van der Waals surface area contributed by atoms with Crippen molar-refractivity contribution in [3.63, 3.8) is 0 Å². The summed E-state index contributed by atoms with van der Waals surface area (Å²) in [5, 5.41) is 2.11. The van der Waals surface area contributed by atoms with Gasteiger partial charge in [-0.1, -0.05) is 66.7 Å². The molecule has 4 aromatic carbocycles. The number of ether oxygens (including phenoxy) is 1. The number of carbonyl (C=O) groups is 1. The van der Waals surface area contributed by atoms with Gasteiger partial charge in [0.15, 0.2) is 5.78 Å². The van der Waals surface area contributed by atoms with Crippen LogP contribution in [0.4, 0.5) is 4.39 Å². The van der Waals surface area contributed by atoms with Gasteiger partial charge >= 0.3 is 0 Å². The SMILES string of the molecule is O=C1C2=C(Oc3ccc4ccccc4c3C2c2ccc(F)cc2)c2ccccc21. The van der Waals surface area contributed by atoms with Crippen molar-refractivity contribution in [2.24, 2.45) is 0 Å². The summed E-state index contributed by atoms with van der Waals surface area (Å²) >= 11 is 0. The second kappa shape index (κ2) is 5.89. The van der Waals surface area contributed by atoms with E-state index in [1.165, 1.54) is 12.1 Å². The second-order valence-corrected chi connectivity index (χ2v) is 7.40. The topological polar surface area (TPSA) is 26.3 Å². The molecule has 1 aliphatic heterocycles. The van der Waals surface area contributed by atoms with Crippen LogP contribution in [0.5, 0.6) is 5.75 Å². The highest BCUT2D eigenvalue weighted by molar-refractivity contribution is 6.22. The first-order valence-electron chi connectivity index (χ1n) is 9.55. The maximum Gasteiger partial charge on any atom is 0.194 e. The highest BCUT2D eigenvalue weighted by atomic mass is 19.1. The zero-order valence-electron chi connectivity index (χ0n) is 15.4. The van der Waals surface area contributed by atoms with Crippen LogP contribution in [0.1, 0.15) is 33.0 Å². The minimum atomic E-state index is -0.319. The van der Waals surface area contributed by atoms with E-state index in [4.69, 9.17) is 4.74 Å². The predicted octanol–water partition coefficient (Wildman–Crippen LogP) is 6.11. The van der Waals surface area contributed by atoms with Crippen LogP contribution in [0.15, 0.2) is 90.5 Å². The molecule has 6 rings (SSSR count). The van der Waals surface area contributed by atoms with Gasteiger partial charge in [0.25, 0.3) is 0 Å². The standard InChI is InChI=1S/C26H15FO2/c27-17-12-9-16(10-13-17)22-23-18-6-2-1-5-15(18)11-14-21(23)29-26-20-8-4-3-7-19(20)25(28)24(22)26/h1-14,22H. The lowest BCUT2D eigenvalue weighted by Crippen LogP contribution is -2.17. The Labute approximate surface area is 166 Å². The van der Waals surface area contributed by atoms with E-state index < -0.39 is 0 Å². The quantitative estimate of drug-likeness (QED) is 0.399. The van der Waals surface area contributed by atoms with Crippen LogP contribution in [0.2, 0.25) is 0 Å². The van der Waals surface area contributed by atoms with Gasteiger partial charge in [-0.25, -0.2) is 4.39 Å². The van der Waals surface area contributed by atoms with Gasteiger partial charge in [0.2, 0.25) is 0 Å². The molecule has 138 valence electrons. The van der Waals surface area contributed by atoms with Crippen LogP contribution < -0.4 is 4.74 Å². The molecule has 0 saturated heterocycles. The van der Waals surface area contributed by atoms with Gasteiger partial charge in [-0.15, -0.1) is 0 Å². The monoisotopic (exact) mass is 378 g/mol. The van der Waals surface area contributed by atoms with E-state index in [-0.39, 0.29) is 17.5 Å². The van der Waals surface area contributed by atoms with Crippen molar-refractivity contribution in [2.75, 3.05) is 0 Å². The summed E-state index contributed by atoms with van der Waals surface area (Å²) in [4.78, 5) is 13.4. The zero-order valence-corrected chi connectivity index (χ0v) is 15.4. The fourth-order valence-electron chi connectivity index (χ4n) is 4.55. The number of allylic oxidation sites excluding steroid dienone is 1. The fraction of sp³-hybridized carbons (Fsp3) is 0.0385. The molecule has 0 fully saturated rings. The average molecular weight is 378 g/mol. The van der Waals surface area contributed by atoms with E-state index in [1.807, 2.05) is 60.7 Å². The number of ketones is 1. The molecular weight excluding hydrogens is 363 g/mol. The molecule has 29 heavy (non-hydrogen) atoms. The van der Waals surface area contributed by atoms with Gasteiger partial charge in [0, 0.05) is 22.6 Å². The van der Waals surface area contributed by atoms with E-state index in [1.54, 1.807) is 12.1 Å². The first-order chi connectivity index (χ1) is 14.2. The number of fused-ring (bicyclic) bond motifs is 5. The minimum Gasteiger partial charge on any atom is -0.456 e. The number of halogens is 1. The molecule has 1 unspecified atom stereocenters. The van der Waals surface area contributed by atoms with E-state index in [2.05, 4.69) is 0 Å². The molecule has 0 amide bonds. The Kier molecular flexibility index (Phi) is 3.30. The van der Waals surface area contributed by atoms with E-state index >= 15 is 0 Å². The molecule has 0 saturated carbocycles. The van der Waals surface area contributed by atoms with Crippen molar-refractivity contribution in [1.29, 1.82) is 0 Å². The minimum absolute atomic E-state index is 0.0245. The Morgan fingerprint density at radius 2 is 1.48 bits per heavy atom. The summed E-state index contributed by atoms with van der Waals surface area (Å²) in [5.74, 6) is 0.710. The Morgan fingerprint density at radius 3 is 2.31 bits per heavy atom. The summed E-state index contributed by atoms with van der Waals surface area (Å²) in [6.45, 7) is 0. The molecule has 1 atom stereocenters. The van der Waals surface area contributed by atoms with E-state index in [9.17, 15) is 9.18 Å². The molecule has 0 radical (unpaired) electrons. The van der Waals surface area contributed by atoms with Crippen molar-refractivity contribution in [1.82, 2.24) is 0 Å². The third kappa shape index (κ3) is 2.24. The Balaban J connectivity index is 1.69. The maximum atomic E-state index is 13.7. The molecular formula is C26H15FO2. The predicted molar refractivity (Wildman–Crippen MR) is 111 cm³/mol. The van der Waals surface area contributed by atoms with Crippen LogP contribution in [0.3, 0.4) is 0 Å². The molecule has 4 aromatic rings. The number of benzene rings is 4. The maximum absolute atomic E-state index is 13.7. The van der Waals surface area contributed by atoms with Crippen LogP contribution in [-0.4, -0.2) is 5.78 Å². The highest BCUT2D eigenvalue weighted by Crippen LogP contribution is 2.52. The summed E-state index contributed by atoms with van der Waals surface area (Å²) in [6.07, 6.45) is 0. The Bertz CT molecular complexity index is 1350. The highest BCUT2D eigenvalue weighted by Gasteiger charge is 2.42. The third-order valence-electron chi connectivity index (χ3n) is 5.83. The first-order valence-corrected chi connectivity index (χ1v) is 9.55. The normalized spacial score (nSPS) is 17.0. The summed E-state index contributed by atoms with van der Waals surface area (Å²) in [6, 6.07) is 26.0. The van der Waals surface area contributed by atoms with Crippen molar-refractivity contribution >= 4 is 22.3 Å². The van der Waals surface area contributed by atoms with Crippen LogP contribution in [-0.2, 0) is 0 Å². The molecule has 3 heteroatoms. The van der Waals surface area contributed by atoms with Crippen molar-refractivity contribution in [3.05, 3.63) is 119 Å². The van der Waals surface area contributed by atoms with Crippen LogP contribution in [0, 0.1) is 5.82 Å². The molecule has 0 aromatic heterocycles. The first kappa shape index (κ1) is 16.3. The molecule has 0 N–H and O–H groups in total. The number of hydrogen-bond donors (Lipinski definition) is 0. The largest absolute Gasteiger partial charge is 0.456 e. The summed E-state index contributed by atoms with van der Waals surface area (Å²) < 4.78 is 20.0.